The van der Waals surface area contributed by atoms with Gasteiger partial charge in [-0.15, -0.1) is 0 Å². The van der Waals surface area contributed by atoms with Gasteiger partial charge in [-0.2, -0.15) is 0 Å². The van der Waals surface area contributed by atoms with Crippen LogP contribution >= 0.6 is 11.6 Å². The summed E-state index contributed by atoms with van der Waals surface area (Å²) in [5, 5.41) is 10.3. The van der Waals surface area contributed by atoms with Crippen LogP contribution in [0.5, 0.6) is 17.2 Å². The van der Waals surface area contributed by atoms with Crippen molar-refractivity contribution < 1.29 is 19.4 Å². The largest absolute Gasteiger partial charge is 0.507 e. The van der Waals surface area contributed by atoms with Gasteiger partial charge in [0.1, 0.15) is 17.2 Å². The Kier molecular flexibility index (Phi) is 4.48. The van der Waals surface area contributed by atoms with Crippen molar-refractivity contribution >= 4 is 17.4 Å². The molecular formula is C15H13ClO4. The van der Waals surface area contributed by atoms with Crippen molar-refractivity contribution in [3.05, 3.63) is 53.1 Å². The van der Waals surface area contributed by atoms with E-state index in [2.05, 4.69) is 0 Å². The minimum Gasteiger partial charge on any atom is -0.507 e. The van der Waals surface area contributed by atoms with E-state index in [-0.39, 0.29) is 23.7 Å². The molecule has 0 aliphatic carbocycles. The summed E-state index contributed by atoms with van der Waals surface area (Å²) >= 11 is 5.75. The molecular weight excluding hydrogens is 280 g/mol. The Balaban J connectivity index is 2.03. The van der Waals surface area contributed by atoms with E-state index in [1.807, 2.05) is 0 Å². The summed E-state index contributed by atoms with van der Waals surface area (Å²) < 4.78 is 10.3. The van der Waals surface area contributed by atoms with E-state index in [1.165, 1.54) is 19.2 Å². The fraction of sp³-hybridized carbons (Fsp3) is 0.133. The van der Waals surface area contributed by atoms with Crippen LogP contribution in [-0.2, 0) is 0 Å². The zero-order valence-corrected chi connectivity index (χ0v) is 11.6. The Morgan fingerprint density at radius 3 is 2.40 bits per heavy atom. The maximum atomic E-state index is 12.0. The van der Waals surface area contributed by atoms with Crippen molar-refractivity contribution in [2.45, 2.75) is 0 Å². The lowest BCUT2D eigenvalue weighted by atomic mass is 10.1. The standard InChI is InChI=1S/C15H13ClO4/c1-19-12-6-7-13(14(17)8-12)15(18)9-20-11-4-2-10(16)3-5-11/h2-8,17H,9H2,1H3. The van der Waals surface area contributed by atoms with Crippen LogP contribution in [0.3, 0.4) is 0 Å². The predicted molar refractivity (Wildman–Crippen MR) is 75.9 cm³/mol. The van der Waals surface area contributed by atoms with E-state index in [0.717, 1.165) is 0 Å². The number of phenolic OH excluding ortho intramolecular Hbond substituents is 1. The van der Waals surface area contributed by atoms with Crippen LogP contribution < -0.4 is 9.47 Å². The lowest BCUT2D eigenvalue weighted by Crippen LogP contribution is -2.11. The Labute approximate surface area is 121 Å². The predicted octanol–water partition coefficient (Wildman–Crippen LogP) is 3.32. The molecule has 0 amide bonds. The number of ether oxygens (including phenoxy) is 2. The highest BCUT2D eigenvalue weighted by molar-refractivity contribution is 6.30. The second-order valence-electron chi connectivity index (χ2n) is 4.05. The molecule has 0 aliphatic rings. The van der Waals surface area contributed by atoms with Gasteiger partial charge in [0.05, 0.1) is 12.7 Å². The number of ketones is 1. The molecule has 1 N–H and O–H groups in total. The lowest BCUT2D eigenvalue weighted by Gasteiger charge is -2.08. The molecule has 0 spiro atoms. The molecule has 0 aliphatic heterocycles. The highest BCUT2D eigenvalue weighted by atomic mass is 35.5. The highest BCUT2D eigenvalue weighted by Crippen LogP contribution is 2.24. The van der Waals surface area contributed by atoms with Crippen LogP contribution in [0.15, 0.2) is 42.5 Å². The summed E-state index contributed by atoms with van der Waals surface area (Å²) in [5.41, 5.74) is 0.194. The number of carbonyl (C=O) groups is 1. The molecule has 0 fully saturated rings. The fourth-order valence-electron chi connectivity index (χ4n) is 1.63. The topological polar surface area (TPSA) is 55.8 Å². The van der Waals surface area contributed by atoms with E-state index in [0.29, 0.717) is 16.5 Å². The number of hydrogen-bond acceptors (Lipinski definition) is 4. The molecule has 0 radical (unpaired) electrons. The third-order valence-electron chi connectivity index (χ3n) is 2.69. The van der Waals surface area contributed by atoms with E-state index in [1.54, 1.807) is 30.3 Å². The van der Waals surface area contributed by atoms with Crippen molar-refractivity contribution in [3.8, 4) is 17.2 Å². The summed E-state index contributed by atoms with van der Waals surface area (Å²) in [6.07, 6.45) is 0. The zero-order chi connectivity index (χ0) is 14.5. The molecule has 0 unspecified atom stereocenters. The normalized spacial score (nSPS) is 10.1. The van der Waals surface area contributed by atoms with Crippen molar-refractivity contribution in [1.82, 2.24) is 0 Å². The molecule has 0 bridgehead atoms. The Bertz CT molecular complexity index is 608. The van der Waals surface area contributed by atoms with Crippen molar-refractivity contribution in [2.75, 3.05) is 13.7 Å². The average Bonchev–Trinajstić information content (AvgIpc) is 2.46. The molecule has 0 saturated heterocycles. The van der Waals surface area contributed by atoms with Crippen molar-refractivity contribution in [3.63, 3.8) is 0 Å². The molecule has 4 nitrogen and oxygen atoms in total. The quantitative estimate of drug-likeness (QED) is 0.859. The van der Waals surface area contributed by atoms with Gasteiger partial charge < -0.3 is 14.6 Å². The van der Waals surface area contributed by atoms with E-state index >= 15 is 0 Å². The first-order valence-electron chi connectivity index (χ1n) is 5.88. The Hall–Kier alpha value is -2.20. The van der Waals surface area contributed by atoms with E-state index in [9.17, 15) is 9.90 Å². The van der Waals surface area contributed by atoms with Crippen LogP contribution in [0.25, 0.3) is 0 Å². The van der Waals surface area contributed by atoms with Crippen LogP contribution in [0.2, 0.25) is 5.02 Å². The maximum absolute atomic E-state index is 12.0. The third kappa shape index (κ3) is 3.42. The number of Topliss-reactive ketones (excluding diaryl/α,β-unsaturated/α-hetero) is 1. The van der Waals surface area contributed by atoms with Gasteiger partial charge >= 0.3 is 0 Å². The number of hydrogen-bond donors (Lipinski definition) is 1. The minimum atomic E-state index is -0.319. The van der Waals surface area contributed by atoms with Gasteiger partial charge in [-0.3, -0.25) is 4.79 Å². The zero-order valence-electron chi connectivity index (χ0n) is 10.8. The average molecular weight is 293 g/mol. The van der Waals surface area contributed by atoms with Gasteiger partial charge in [-0.25, -0.2) is 0 Å². The smallest absolute Gasteiger partial charge is 0.203 e. The third-order valence-corrected chi connectivity index (χ3v) is 2.94. The molecule has 0 atom stereocenters. The van der Waals surface area contributed by atoms with Gasteiger partial charge in [0.2, 0.25) is 5.78 Å². The minimum absolute atomic E-state index is 0.131. The van der Waals surface area contributed by atoms with E-state index < -0.39 is 0 Å². The number of phenols is 1. The summed E-state index contributed by atoms with van der Waals surface area (Å²) in [6, 6.07) is 11.2. The van der Waals surface area contributed by atoms with Gasteiger partial charge in [0.15, 0.2) is 6.61 Å². The van der Waals surface area contributed by atoms with E-state index in [4.69, 9.17) is 21.1 Å². The first-order chi connectivity index (χ1) is 9.60. The van der Waals surface area contributed by atoms with Gasteiger partial charge in [-0.05, 0) is 36.4 Å². The second-order valence-corrected chi connectivity index (χ2v) is 4.49. The second kappa shape index (κ2) is 6.30. The van der Waals surface area contributed by atoms with Crippen molar-refractivity contribution in [1.29, 1.82) is 0 Å². The van der Waals surface area contributed by atoms with Gasteiger partial charge in [-0.1, -0.05) is 11.6 Å². The number of halogens is 1. The SMILES string of the molecule is COc1ccc(C(=O)COc2ccc(Cl)cc2)c(O)c1. The molecule has 0 saturated carbocycles. The maximum Gasteiger partial charge on any atom is 0.203 e. The molecule has 0 heterocycles. The summed E-state index contributed by atoms with van der Waals surface area (Å²) in [6.45, 7) is -0.165. The molecule has 20 heavy (non-hydrogen) atoms. The van der Waals surface area contributed by atoms with Crippen LogP contribution in [-0.4, -0.2) is 24.6 Å². The molecule has 0 aromatic heterocycles. The van der Waals surface area contributed by atoms with Gasteiger partial charge in [0, 0.05) is 11.1 Å². The Morgan fingerprint density at radius 2 is 1.80 bits per heavy atom. The Morgan fingerprint density at radius 1 is 1.15 bits per heavy atom. The number of rotatable bonds is 5. The monoisotopic (exact) mass is 292 g/mol. The van der Waals surface area contributed by atoms with Crippen molar-refractivity contribution in [2.24, 2.45) is 0 Å². The van der Waals surface area contributed by atoms with Gasteiger partial charge in [0.25, 0.3) is 0 Å². The molecule has 2 aromatic rings. The fourth-order valence-corrected chi connectivity index (χ4v) is 1.76. The molecule has 2 aromatic carbocycles. The summed E-state index contributed by atoms with van der Waals surface area (Å²) in [7, 11) is 1.49. The lowest BCUT2D eigenvalue weighted by molar-refractivity contribution is 0.0919. The summed E-state index contributed by atoms with van der Waals surface area (Å²) in [4.78, 5) is 12.0. The first kappa shape index (κ1) is 14.2. The molecule has 2 rings (SSSR count). The summed E-state index contributed by atoms with van der Waals surface area (Å²) in [5.74, 6) is 0.572. The highest BCUT2D eigenvalue weighted by Gasteiger charge is 2.12. The van der Waals surface area contributed by atoms with Crippen LogP contribution in [0.1, 0.15) is 10.4 Å². The van der Waals surface area contributed by atoms with Crippen LogP contribution in [0, 0.1) is 0 Å². The first-order valence-corrected chi connectivity index (χ1v) is 6.26. The number of carbonyl (C=O) groups excluding carboxylic acids is 1. The number of aromatic hydroxyl groups is 1. The molecule has 104 valence electrons. The number of methoxy groups -OCH3 is 1. The molecule has 5 heteroatoms. The van der Waals surface area contributed by atoms with Crippen LogP contribution in [0.4, 0.5) is 0 Å². The number of benzene rings is 2.